The fourth-order valence-electron chi connectivity index (χ4n) is 1.49. The molecule has 0 fully saturated rings. The molecule has 0 saturated carbocycles. The third-order valence-corrected chi connectivity index (χ3v) is 3.81. The molecule has 112 valence electrons. The van der Waals surface area contributed by atoms with Gasteiger partial charge in [0.15, 0.2) is 0 Å². The van der Waals surface area contributed by atoms with E-state index in [0.717, 1.165) is 0 Å². The zero-order chi connectivity index (χ0) is 15.1. The molecule has 2 aromatic rings. The Labute approximate surface area is 150 Å². The Morgan fingerprint density at radius 2 is 1.36 bits per heavy atom. The molecule has 0 aromatic heterocycles. The Kier molecular flexibility index (Phi) is 7.65. The van der Waals surface area contributed by atoms with Crippen molar-refractivity contribution < 1.29 is 23.5 Å². The molecule has 0 amide bonds. The molecule has 0 spiro atoms. The number of aliphatic carboxylic acids is 1. The van der Waals surface area contributed by atoms with Crippen molar-refractivity contribution in [3.05, 3.63) is 60.7 Å². The van der Waals surface area contributed by atoms with Crippen LogP contribution in [0.25, 0.3) is 0 Å². The summed E-state index contributed by atoms with van der Waals surface area (Å²) in [4.78, 5) is 10.7. The van der Waals surface area contributed by atoms with Crippen molar-refractivity contribution in [2.45, 2.75) is 0 Å². The van der Waals surface area contributed by atoms with Crippen molar-refractivity contribution in [2.75, 3.05) is 6.54 Å². The van der Waals surface area contributed by atoms with E-state index < -0.39 is 20.3 Å². The molecule has 0 aliphatic carbocycles. The predicted molar refractivity (Wildman–Crippen MR) is 84.5 cm³/mol. The van der Waals surface area contributed by atoms with E-state index in [4.69, 9.17) is 14.2 Å². The molecule has 0 heterocycles. The number of carboxylic acid groups (broad SMARTS) is 1. The zero-order valence-corrected chi connectivity index (χ0v) is 11.9. The molecule has 0 radical (unpaired) electrons. The van der Waals surface area contributed by atoms with Crippen LogP contribution in [-0.4, -0.2) is 47.2 Å². The van der Waals surface area contributed by atoms with Crippen LogP contribution in [0.3, 0.4) is 0 Å². The van der Waals surface area contributed by atoms with Gasteiger partial charge in [-0.05, 0) is 24.3 Å². The second-order valence-electron chi connectivity index (χ2n) is 4.03. The summed E-state index contributed by atoms with van der Waals surface area (Å²) in [5.74, 6) is -0.534. The van der Waals surface area contributed by atoms with Crippen molar-refractivity contribution >= 4 is 43.3 Å². The minimum atomic E-state index is -3.85. The van der Waals surface area contributed by atoms with Gasteiger partial charge in [0.1, 0.15) is 18.0 Å². The number of carbonyl (C=O) groups is 1. The number of para-hydroxylation sites is 2. The van der Waals surface area contributed by atoms with Crippen LogP contribution in [0.15, 0.2) is 60.7 Å². The fourth-order valence-corrected chi connectivity index (χ4v) is 2.78. The SMILES string of the molecule is O=C(O)CNP(=O)(Oc1ccccc1)Oc1ccccc1.[NaH]. The average Bonchev–Trinajstić information content (AvgIpc) is 2.47. The summed E-state index contributed by atoms with van der Waals surface area (Å²) in [6.45, 7) is -0.545. The van der Waals surface area contributed by atoms with Crippen LogP contribution in [-0.2, 0) is 9.36 Å². The third kappa shape index (κ3) is 6.22. The molecule has 2 N–H and O–H groups in total. The van der Waals surface area contributed by atoms with Gasteiger partial charge >= 0.3 is 43.3 Å². The van der Waals surface area contributed by atoms with E-state index in [9.17, 15) is 9.36 Å². The van der Waals surface area contributed by atoms with E-state index in [-0.39, 0.29) is 29.6 Å². The van der Waals surface area contributed by atoms with Crippen LogP contribution < -0.4 is 14.1 Å². The monoisotopic (exact) mass is 331 g/mol. The van der Waals surface area contributed by atoms with Crippen molar-refractivity contribution in [1.82, 2.24) is 5.09 Å². The minimum absolute atomic E-state index is 0. The molecule has 0 atom stereocenters. The van der Waals surface area contributed by atoms with Gasteiger partial charge in [0.25, 0.3) is 0 Å². The van der Waals surface area contributed by atoms with Gasteiger partial charge in [-0.3, -0.25) is 4.79 Å². The molecule has 0 unspecified atom stereocenters. The first-order valence-corrected chi connectivity index (χ1v) is 7.68. The molecular formula is C14H15NNaO5P. The molecule has 2 aromatic carbocycles. The average molecular weight is 331 g/mol. The maximum atomic E-state index is 12.6. The molecule has 22 heavy (non-hydrogen) atoms. The normalized spacial score (nSPS) is 10.4. The molecule has 2 rings (SSSR count). The summed E-state index contributed by atoms with van der Waals surface area (Å²) >= 11 is 0. The van der Waals surface area contributed by atoms with E-state index in [1.54, 1.807) is 60.7 Å². The first-order valence-electron chi connectivity index (χ1n) is 6.14. The quantitative estimate of drug-likeness (QED) is 0.598. The molecule has 8 heteroatoms. The predicted octanol–water partition coefficient (Wildman–Crippen LogP) is 2.28. The zero-order valence-electron chi connectivity index (χ0n) is 11.0. The number of benzene rings is 2. The van der Waals surface area contributed by atoms with Gasteiger partial charge in [0.2, 0.25) is 0 Å². The summed E-state index contributed by atoms with van der Waals surface area (Å²) in [6, 6.07) is 16.8. The van der Waals surface area contributed by atoms with Crippen LogP contribution in [0, 0.1) is 0 Å². The van der Waals surface area contributed by atoms with E-state index in [2.05, 4.69) is 5.09 Å². The number of hydrogen-bond acceptors (Lipinski definition) is 4. The van der Waals surface area contributed by atoms with Crippen LogP contribution in [0.4, 0.5) is 0 Å². The van der Waals surface area contributed by atoms with Crippen LogP contribution in [0.5, 0.6) is 11.5 Å². The van der Waals surface area contributed by atoms with E-state index >= 15 is 0 Å². The molecule has 0 aliphatic heterocycles. The van der Waals surface area contributed by atoms with Crippen LogP contribution in [0.2, 0.25) is 0 Å². The van der Waals surface area contributed by atoms with Gasteiger partial charge in [0.05, 0.1) is 0 Å². The number of hydrogen-bond donors (Lipinski definition) is 2. The van der Waals surface area contributed by atoms with Gasteiger partial charge in [0, 0.05) is 0 Å². The number of rotatable bonds is 7. The summed E-state index contributed by atoms with van der Waals surface area (Å²) in [7, 11) is -3.85. The maximum absolute atomic E-state index is 12.6. The Bertz CT molecular complexity index is 593. The van der Waals surface area contributed by atoms with Gasteiger partial charge in [-0.2, -0.15) is 5.09 Å². The molecule has 6 nitrogen and oxygen atoms in total. The van der Waals surface area contributed by atoms with E-state index in [1.165, 1.54) is 0 Å². The number of carboxylic acids is 1. The van der Waals surface area contributed by atoms with E-state index in [1.807, 2.05) is 0 Å². The Balaban J connectivity index is 0.00000242. The van der Waals surface area contributed by atoms with Gasteiger partial charge < -0.3 is 14.2 Å². The first kappa shape index (κ1) is 18.7. The van der Waals surface area contributed by atoms with Gasteiger partial charge in [-0.1, -0.05) is 36.4 Å². The van der Waals surface area contributed by atoms with Crippen LogP contribution in [0.1, 0.15) is 0 Å². The topological polar surface area (TPSA) is 84.9 Å². The van der Waals surface area contributed by atoms with Gasteiger partial charge in [-0.15, -0.1) is 0 Å². The first-order chi connectivity index (χ1) is 10.1. The third-order valence-electron chi connectivity index (χ3n) is 2.36. The van der Waals surface area contributed by atoms with Crippen molar-refractivity contribution in [2.24, 2.45) is 0 Å². The molecule has 0 bridgehead atoms. The second-order valence-corrected chi connectivity index (χ2v) is 5.71. The van der Waals surface area contributed by atoms with Crippen molar-refractivity contribution in [3.8, 4) is 11.5 Å². The molecule has 0 saturated heterocycles. The molecular weight excluding hydrogens is 316 g/mol. The summed E-state index contributed by atoms with van der Waals surface area (Å²) in [5.41, 5.74) is 0. The Morgan fingerprint density at radius 3 is 1.73 bits per heavy atom. The Morgan fingerprint density at radius 1 is 0.955 bits per heavy atom. The summed E-state index contributed by atoms with van der Waals surface area (Å²) in [5, 5.41) is 11.0. The Hall–Kier alpha value is -1.30. The van der Waals surface area contributed by atoms with Crippen molar-refractivity contribution in [3.63, 3.8) is 0 Å². The standard InChI is InChI=1S/C14H14NO5P.Na.H/c16-14(17)11-15-21(18,19-12-7-3-1-4-8-12)20-13-9-5-2-6-10-13;;/h1-10H,11H2,(H,15,18)(H,16,17);;. The van der Waals surface area contributed by atoms with Gasteiger partial charge in [-0.25, -0.2) is 4.57 Å². The number of nitrogens with one attached hydrogen (secondary N) is 1. The second kappa shape index (κ2) is 8.98. The van der Waals surface area contributed by atoms with Crippen LogP contribution >= 0.6 is 7.75 Å². The summed E-state index contributed by atoms with van der Waals surface area (Å²) < 4.78 is 23.3. The van der Waals surface area contributed by atoms with E-state index in [0.29, 0.717) is 11.5 Å². The summed E-state index contributed by atoms with van der Waals surface area (Å²) in [6.07, 6.45) is 0. The van der Waals surface area contributed by atoms with Crippen molar-refractivity contribution in [1.29, 1.82) is 0 Å². The fraction of sp³-hybridized carbons (Fsp3) is 0.0714. The molecule has 0 aliphatic rings.